The van der Waals surface area contributed by atoms with Gasteiger partial charge in [0.25, 0.3) is 0 Å². The molecule has 3 nitrogen and oxygen atoms in total. The standard InChI is InChI=1S/C28H31NO2/c1-19-7-5-9-20(17-19)8-3-4-16-31-25-13-12-22-18-24-26-21(14-15-29(24)2)10-6-11-23(26)27(22)28(25)30/h5-7,9-13,17,24,30H,3-4,8,14-16,18H2,1-2H3/t24-/m1/s1. The van der Waals surface area contributed by atoms with Crippen LogP contribution in [0.15, 0.2) is 54.6 Å². The Morgan fingerprint density at radius 2 is 1.90 bits per heavy atom. The van der Waals surface area contributed by atoms with Crippen molar-refractivity contribution in [2.24, 2.45) is 0 Å². The molecule has 0 aromatic heterocycles. The lowest BCUT2D eigenvalue weighted by Gasteiger charge is -2.40. The minimum Gasteiger partial charge on any atom is -0.504 e. The molecule has 3 aromatic carbocycles. The van der Waals surface area contributed by atoms with Gasteiger partial charge in [0.05, 0.1) is 6.61 Å². The zero-order valence-corrected chi connectivity index (χ0v) is 18.5. The Labute approximate surface area is 185 Å². The molecule has 0 bridgehead atoms. The molecule has 0 spiro atoms. The van der Waals surface area contributed by atoms with E-state index in [0.29, 0.717) is 24.1 Å². The molecular formula is C28H31NO2. The van der Waals surface area contributed by atoms with Crippen LogP contribution in [0.1, 0.15) is 46.7 Å². The second kappa shape index (κ2) is 8.39. The molecule has 1 heterocycles. The first-order chi connectivity index (χ1) is 15.1. The number of unbranched alkanes of at least 4 members (excludes halogenated alkanes) is 1. The lowest BCUT2D eigenvalue weighted by Crippen LogP contribution is -2.35. The second-order valence-corrected chi connectivity index (χ2v) is 9.07. The van der Waals surface area contributed by atoms with Crippen molar-refractivity contribution in [3.8, 4) is 22.6 Å². The average molecular weight is 414 g/mol. The number of likely N-dealkylation sites (N-methyl/N-ethyl adjacent to an activating group) is 1. The molecule has 3 heteroatoms. The number of benzene rings is 3. The number of hydrogen-bond donors (Lipinski definition) is 1. The van der Waals surface area contributed by atoms with Crippen molar-refractivity contribution in [3.05, 3.63) is 82.4 Å². The molecule has 3 aromatic rings. The van der Waals surface area contributed by atoms with Crippen LogP contribution in [0.5, 0.6) is 11.5 Å². The molecule has 0 amide bonds. The summed E-state index contributed by atoms with van der Waals surface area (Å²) in [6.45, 7) is 3.85. The molecule has 1 aliphatic carbocycles. The Morgan fingerprint density at radius 1 is 1.03 bits per heavy atom. The van der Waals surface area contributed by atoms with Crippen LogP contribution in [0.3, 0.4) is 0 Å². The Hall–Kier alpha value is -2.78. The van der Waals surface area contributed by atoms with Gasteiger partial charge in [-0.3, -0.25) is 4.90 Å². The number of nitrogens with zero attached hydrogens (tertiary/aromatic N) is 1. The minimum atomic E-state index is 0.302. The lowest BCUT2D eigenvalue weighted by atomic mass is 9.77. The monoisotopic (exact) mass is 413 g/mol. The number of rotatable bonds is 6. The summed E-state index contributed by atoms with van der Waals surface area (Å²) in [5.41, 5.74) is 8.88. The van der Waals surface area contributed by atoms with Crippen LogP contribution in [0.2, 0.25) is 0 Å². The van der Waals surface area contributed by atoms with Gasteiger partial charge in [-0.15, -0.1) is 0 Å². The van der Waals surface area contributed by atoms with Crippen molar-refractivity contribution in [2.45, 2.75) is 45.1 Å². The number of phenolic OH excluding ortho intramolecular Hbond substituents is 1. The molecule has 160 valence electrons. The molecule has 5 rings (SSSR count). The summed E-state index contributed by atoms with van der Waals surface area (Å²) < 4.78 is 6.04. The molecule has 31 heavy (non-hydrogen) atoms. The fourth-order valence-electron chi connectivity index (χ4n) is 5.26. The summed E-state index contributed by atoms with van der Waals surface area (Å²) in [5, 5.41) is 11.1. The number of phenols is 1. The maximum atomic E-state index is 11.1. The average Bonchev–Trinajstić information content (AvgIpc) is 2.77. The lowest BCUT2D eigenvalue weighted by molar-refractivity contribution is 0.227. The Morgan fingerprint density at radius 3 is 2.77 bits per heavy atom. The number of aromatic hydroxyl groups is 1. The molecule has 1 N–H and O–H groups in total. The van der Waals surface area contributed by atoms with Crippen LogP contribution >= 0.6 is 0 Å². The highest BCUT2D eigenvalue weighted by Crippen LogP contribution is 2.50. The first kappa shape index (κ1) is 20.1. The van der Waals surface area contributed by atoms with Crippen LogP contribution in [0.4, 0.5) is 0 Å². The molecule has 1 aliphatic heterocycles. The van der Waals surface area contributed by atoms with E-state index in [2.05, 4.69) is 67.4 Å². The predicted octanol–water partition coefficient (Wildman–Crippen LogP) is 5.85. The summed E-state index contributed by atoms with van der Waals surface area (Å²) in [6, 6.07) is 19.7. The number of ether oxygens (including phenoxy) is 1. The van der Waals surface area contributed by atoms with Crippen molar-refractivity contribution in [3.63, 3.8) is 0 Å². The van der Waals surface area contributed by atoms with Crippen LogP contribution in [-0.4, -0.2) is 30.2 Å². The Kier molecular flexibility index (Phi) is 5.45. The van der Waals surface area contributed by atoms with Crippen molar-refractivity contribution >= 4 is 0 Å². The zero-order chi connectivity index (χ0) is 21.4. The van der Waals surface area contributed by atoms with Gasteiger partial charge in [0.2, 0.25) is 0 Å². The quantitative estimate of drug-likeness (QED) is 0.514. The fraction of sp³-hybridized carbons (Fsp3) is 0.357. The first-order valence-corrected chi connectivity index (χ1v) is 11.5. The van der Waals surface area contributed by atoms with Gasteiger partial charge in [0.1, 0.15) is 0 Å². The molecular weight excluding hydrogens is 382 g/mol. The fourth-order valence-corrected chi connectivity index (χ4v) is 5.26. The highest BCUT2D eigenvalue weighted by molar-refractivity contribution is 5.82. The number of aryl methyl sites for hydroxylation is 2. The predicted molar refractivity (Wildman–Crippen MR) is 126 cm³/mol. The van der Waals surface area contributed by atoms with Gasteiger partial charge in [-0.25, -0.2) is 0 Å². The van der Waals surface area contributed by atoms with Crippen LogP contribution < -0.4 is 4.74 Å². The van der Waals surface area contributed by atoms with Gasteiger partial charge in [-0.2, -0.15) is 0 Å². The zero-order valence-electron chi connectivity index (χ0n) is 18.5. The Balaban J connectivity index is 1.31. The highest BCUT2D eigenvalue weighted by Gasteiger charge is 2.34. The van der Waals surface area contributed by atoms with Gasteiger partial charge in [-0.1, -0.05) is 54.1 Å². The summed E-state index contributed by atoms with van der Waals surface area (Å²) in [7, 11) is 2.21. The van der Waals surface area contributed by atoms with Gasteiger partial charge in [0.15, 0.2) is 11.5 Å². The van der Waals surface area contributed by atoms with Crippen LogP contribution in [-0.2, 0) is 19.3 Å². The normalized spacial score (nSPS) is 17.2. The maximum absolute atomic E-state index is 11.1. The summed E-state index contributed by atoms with van der Waals surface area (Å²) in [6.07, 6.45) is 5.13. The molecule has 0 saturated carbocycles. The largest absolute Gasteiger partial charge is 0.504 e. The highest BCUT2D eigenvalue weighted by atomic mass is 16.5. The van der Waals surface area contributed by atoms with Gasteiger partial charge in [0, 0.05) is 18.2 Å². The van der Waals surface area contributed by atoms with Crippen molar-refractivity contribution in [2.75, 3.05) is 20.2 Å². The van der Waals surface area contributed by atoms with Crippen LogP contribution in [0.25, 0.3) is 11.1 Å². The molecule has 2 aliphatic rings. The third kappa shape index (κ3) is 3.83. The van der Waals surface area contributed by atoms with E-state index in [9.17, 15) is 5.11 Å². The van der Waals surface area contributed by atoms with Gasteiger partial charge < -0.3 is 9.84 Å². The number of hydrogen-bond acceptors (Lipinski definition) is 3. The van der Waals surface area contributed by atoms with E-state index in [-0.39, 0.29) is 0 Å². The van der Waals surface area contributed by atoms with E-state index in [0.717, 1.165) is 44.2 Å². The summed E-state index contributed by atoms with van der Waals surface area (Å²) in [4.78, 5) is 2.45. The van der Waals surface area contributed by atoms with E-state index in [4.69, 9.17) is 4.74 Å². The summed E-state index contributed by atoms with van der Waals surface area (Å²) >= 11 is 0. The molecule has 1 atom stereocenters. The first-order valence-electron chi connectivity index (χ1n) is 11.5. The molecule has 0 fully saturated rings. The van der Waals surface area contributed by atoms with Gasteiger partial charge >= 0.3 is 0 Å². The second-order valence-electron chi connectivity index (χ2n) is 9.07. The third-order valence-electron chi connectivity index (χ3n) is 6.91. The molecule has 0 unspecified atom stereocenters. The number of fused-ring (bicyclic) bond motifs is 2. The minimum absolute atomic E-state index is 0.302. The molecule has 0 saturated heterocycles. The topological polar surface area (TPSA) is 32.7 Å². The van der Waals surface area contributed by atoms with Crippen molar-refractivity contribution < 1.29 is 9.84 Å². The van der Waals surface area contributed by atoms with E-state index in [1.165, 1.54) is 33.4 Å². The Bertz CT molecular complexity index is 1100. The third-order valence-corrected chi connectivity index (χ3v) is 6.91. The molecule has 0 radical (unpaired) electrons. The maximum Gasteiger partial charge on any atom is 0.165 e. The van der Waals surface area contributed by atoms with E-state index < -0.39 is 0 Å². The van der Waals surface area contributed by atoms with Crippen molar-refractivity contribution in [1.29, 1.82) is 0 Å². The SMILES string of the molecule is Cc1cccc(CCCCOc2ccc3c(c2O)-c2cccc4c2[C@@H](C3)N(C)CC4)c1. The summed E-state index contributed by atoms with van der Waals surface area (Å²) in [5.74, 6) is 0.908. The van der Waals surface area contributed by atoms with E-state index in [1.807, 2.05) is 6.07 Å². The van der Waals surface area contributed by atoms with Gasteiger partial charge in [-0.05, 0) is 80.0 Å². The van der Waals surface area contributed by atoms with E-state index >= 15 is 0 Å². The van der Waals surface area contributed by atoms with Crippen LogP contribution in [0, 0.1) is 6.92 Å². The van der Waals surface area contributed by atoms with Crippen molar-refractivity contribution in [1.82, 2.24) is 4.90 Å². The smallest absolute Gasteiger partial charge is 0.165 e. The van der Waals surface area contributed by atoms with E-state index in [1.54, 1.807) is 0 Å².